The molecule has 22 heavy (non-hydrogen) atoms. The Morgan fingerprint density at radius 2 is 1.95 bits per heavy atom. The number of hydrogen-bond acceptors (Lipinski definition) is 3. The molecule has 0 amide bonds. The van der Waals surface area contributed by atoms with Gasteiger partial charge >= 0.3 is 0 Å². The lowest BCUT2D eigenvalue weighted by molar-refractivity contribution is 0.205. The minimum Gasteiger partial charge on any atom is -0.468 e. The lowest BCUT2D eigenvalue weighted by atomic mass is 10.1. The van der Waals surface area contributed by atoms with Crippen LogP contribution in [0.3, 0.4) is 0 Å². The number of rotatable bonds is 6. The summed E-state index contributed by atoms with van der Waals surface area (Å²) < 4.78 is 6.84. The zero-order valence-electron chi connectivity index (χ0n) is 13.0. The van der Waals surface area contributed by atoms with Crippen molar-refractivity contribution in [3.63, 3.8) is 0 Å². The first-order valence-electron chi connectivity index (χ1n) is 8.01. The minimum absolute atomic E-state index is 0.302. The monoisotopic (exact) mass is 362 g/mol. The normalized spacial score (nSPS) is 18.5. The largest absolute Gasteiger partial charge is 0.468 e. The third-order valence-corrected chi connectivity index (χ3v) is 5.16. The second-order valence-corrected chi connectivity index (χ2v) is 6.78. The van der Waals surface area contributed by atoms with Crippen molar-refractivity contribution in [3.05, 3.63) is 58.5 Å². The van der Waals surface area contributed by atoms with Crippen LogP contribution in [-0.2, 0) is 0 Å². The van der Waals surface area contributed by atoms with E-state index in [1.165, 1.54) is 18.4 Å². The molecule has 3 rings (SSSR count). The number of furan rings is 1. The number of halogens is 1. The van der Waals surface area contributed by atoms with Crippen molar-refractivity contribution >= 4 is 15.9 Å². The maximum absolute atomic E-state index is 5.68. The lowest BCUT2D eigenvalue weighted by Crippen LogP contribution is -2.35. The van der Waals surface area contributed by atoms with Gasteiger partial charge in [0.05, 0.1) is 12.3 Å². The molecule has 4 heteroatoms. The number of nitrogens with one attached hydrogen (secondary N) is 1. The van der Waals surface area contributed by atoms with E-state index in [1.807, 2.05) is 6.07 Å². The molecule has 0 saturated carbocycles. The Hall–Kier alpha value is -1.10. The molecular formula is C18H23BrN2O. The smallest absolute Gasteiger partial charge is 0.122 e. The van der Waals surface area contributed by atoms with E-state index in [0.717, 1.165) is 29.9 Å². The molecule has 118 valence electrons. The summed E-state index contributed by atoms with van der Waals surface area (Å²) in [6, 6.07) is 13.1. The predicted octanol–water partition coefficient (Wildman–Crippen LogP) is 4.53. The molecule has 1 aromatic carbocycles. The molecule has 0 spiro atoms. The summed E-state index contributed by atoms with van der Waals surface area (Å²) in [7, 11) is 0. The number of likely N-dealkylation sites (tertiary alicyclic amines) is 1. The summed E-state index contributed by atoms with van der Waals surface area (Å²) in [4.78, 5) is 2.53. The van der Waals surface area contributed by atoms with Gasteiger partial charge in [-0.15, -0.1) is 0 Å². The highest BCUT2D eigenvalue weighted by Gasteiger charge is 2.25. The molecule has 1 N–H and O–H groups in total. The van der Waals surface area contributed by atoms with E-state index in [1.54, 1.807) is 6.26 Å². The van der Waals surface area contributed by atoms with Gasteiger partial charge in [0.15, 0.2) is 0 Å². The van der Waals surface area contributed by atoms with Crippen LogP contribution in [0.15, 0.2) is 51.6 Å². The maximum atomic E-state index is 5.68. The van der Waals surface area contributed by atoms with Crippen molar-refractivity contribution in [2.24, 2.45) is 0 Å². The third kappa shape index (κ3) is 3.62. The van der Waals surface area contributed by atoms with Crippen LogP contribution in [0.25, 0.3) is 0 Å². The van der Waals surface area contributed by atoms with Crippen molar-refractivity contribution in [2.45, 2.75) is 31.8 Å². The van der Waals surface area contributed by atoms with Crippen LogP contribution < -0.4 is 5.32 Å². The fourth-order valence-corrected chi connectivity index (χ4v) is 3.80. The van der Waals surface area contributed by atoms with Gasteiger partial charge in [-0.25, -0.2) is 0 Å². The Labute approximate surface area is 140 Å². The molecule has 1 aliphatic rings. The van der Waals surface area contributed by atoms with Gasteiger partial charge in [-0.3, -0.25) is 4.90 Å². The van der Waals surface area contributed by atoms with Crippen LogP contribution >= 0.6 is 15.9 Å². The van der Waals surface area contributed by atoms with E-state index < -0.39 is 0 Å². The van der Waals surface area contributed by atoms with Crippen LogP contribution in [0.1, 0.15) is 43.2 Å². The summed E-state index contributed by atoms with van der Waals surface area (Å²) in [5, 5.41) is 3.67. The average molecular weight is 363 g/mol. The first-order chi connectivity index (χ1) is 10.8. The molecule has 1 saturated heterocycles. The zero-order chi connectivity index (χ0) is 15.4. The van der Waals surface area contributed by atoms with Crippen molar-refractivity contribution in [1.29, 1.82) is 0 Å². The molecule has 1 aliphatic heterocycles. The van der Waals surface area contributed by atoms with Gasteiger partial charge < -0.3 is 9.73 Å². The van der Waals surface area contributed by atoms with E-state index in [2.05, 4.69) is 63.4 Å². The fraction of sp³-hybridized carbons (Fsp3) is 0.444. The highest BCUT2D eigenvalue weighted by atomic mass is 79.9. The topological polar surface area (TPSA) is 28.4 Å². The van der Waals surface area contributed by atoms with Crippen LogP contribution in [0.5, 0.6) is 0 Å². The lowest BCUT2D eigenvalue weighted by Gasteiger charge is -2.28. The van der Waals surface area contributed by atoms with Crippen LogP contribution in [0.4, 0.5) is 0 Å². The van der Waals surface area contributed by atoms with E-state index in [-0.39, 0.29) is 0 Å². The Bertz CT molecular complexity index is 579. The Balaban J connectivity index is 1.67. The molecule has 2 atom stereocenters. The standard InChI is InChI=1S/C18H23BrN2O/c1-14(15-7-2-3-8-16(15)19)20-13-17(18-9-6-12-22-18)21-10-4-5-11-21/h2-3,6-9,12,14,17,20H,4-5,10-11,13H2,1H3. The first kappa shape index (κ1) is 15.8. The number of hydrogen-bond donors (Lipinski definition) is 1. The van der Waals surface area contributed by atoms with Gasteiger partial charge in [0, 0.05) is 17.1 Å². The summed E-state index contributed by atoms with van der Waals surface area (Å²) in [5.74, 6) is 1.06. The van der Waals surface area contributed by atoms with Crippen molar-refractivity contribution in [3.8, 4) is 0 Å². The second kappa shape index (κ2) is 7.44. The molecular weight excluding hydrogens is 340 g/mol. The summed E-state index contributed by atoms with van der Waals surface area (Å²) in [6.45, 7) is 5.44. The summed E-state index contributed by atoms with van der Waals surface area (Å²) in [5.41, 5.74) is 1.29. The molecule has 0 bridgehead atoms. The Kier molecular flexibility index (Phi) is 5.34. The fourth-order valence-electron chi connectivity index (χ4n) is 3.17. The van der Waals surface area contributed by atoms with E-state index in [0.29, 0.717) is 12.1 Å². The number of benzene rings is 1. The number of nitrogens with zero attached hydrogens (tertiary/aromatic N) is 1. The highest BCUT2D eigenvalue weighted by Crippen LogP contribution is 2.27. The van der Waals surface area contributed by atoms with Gasteiger partial charge in [-0.1, -0.05) is 34.1 Å². The Morgan fingerprint density at radius 1 is 1.18 bits per heavy atom. The van der Waals surface area contributed by atoms with Gasteiger partial charge in [0.1, 0.15) is 5.76 Å². The van der Waals surface area contributed by atoms with Gasteiger partial charge in [-0.2, -0.15) is 0 Å². The van der Waals surface area contributed by atoms with Crippen molar-refractivity contribution in [2.75, 3.05) is 19.6 Å². The molecule has 2 unspecified atom stereocenters. The molecule has 1 fully saturated rings. The van der Waals surface area contributed by atoms with E-state index in [4.69, 9.17) is 4.42 Å². The van der Waals surface area contributed by atoms with E-state index in [9.17, 15) is 0 Å². The van der Waals surface area contributed by atoms with Crippen molar-refractivity contribution in [1.82, 2.24) is 10.2 Å². The molecule has 0 aliphatic carbocycles. The molecule has 0 radical (unpaired) electrons. The summed E-state index contributed by atoms with van der Waals surface area (Å²) in [6.07, 6.45) is 4.35. The molecule has 2 heterocycles. The Morgan fingerprint density at radius 3 is 2.64 bits per heavy atom. The highest BCUT2D eigenvalue weighted by molar-refractivity contribution is 9.10. The van der Waals surface area contributed by atoms with E-state index >= 15 is 0 Å². The zero-order valence-corrected chi connectivity index (χ0v) is 14.6. The minimum atomic E-state index is 0.302. The van der Waals surface area contributed by atoms with Gasteiger partial charge in [0.2, 0.25) is 0 Å². The third-order valence-electron chi connectivity index (χ3n) is 4.44. The van der Waals surface area contributed by atoms with Crippen LogP contribution in [0.2, 0.25) is 0 Å². The molecule has 2 aromatic rings. The maximum Gasteiger partial charge on any atom is 0.122 e. The second-order valence-electron chi connectivity index (χ2n) is 5.93. The van der Waals surface area contributed by atoms with Crippen LogP contribution in [0, 0.1) is 0 Å². The molecule has 1 aromatic heterocycles. The summed E-state index contributed by atoms with van der Waals surface area (Å²) >= 11 is 3.64. The first-order valence-corrected chi connectivity index (χ1v) is 8.80. The molecule has 3 nitrogen and oxygen atoms in total. The van der Waals surface area contributed by atoms with Gasteiger partial charge in [0.25, 0.3) is 0 Å². The van der Waals surface area contributed by atoms with Gasteiger partial charge in [-0.05, 0) is 56.6 Å². The SMILES string of the molecule is CC(NCC(c1ccco1)N1CCCC1)c1ccccc1Br. The predicted molar refractivity (Wildman–Crippen MR) is 92.8 cm³/mol. The van der Waals surface area contributed by atoms with Crippen LogP contribution in [-0.4, -0.2) is 24.5 Å². The average Bonchev–Trinajstić information content (AvgIpc) is 3.21. The quantitative estimate of drug-likeness (QED) is 0.818. The van der Waals surface area contributed by atoms with Crippen molar-refractivity contribution < 1.29 is 4.42 Å².